The summed E-state index contributed by atoms with van der Waals surface area (Å²) in [6.45, 7) is 5.26. The number of hydrogen-bond acceptors (Lipinski definition) is 7. The van der Waals surface area contributed by atoms with Gasteiger partial charge in [0.25, 0.3) is 5.91 Å². The van der Waals surface area contributed by atoms with Crippen LogP contribution in [0.25, 0.3) is 0 Å². The number of amides is 1. The molecule has 0 radical (unpaired) electrons. The average molecular weight is 420 g/mol. The molecular formula is C18H22ClN7OS. The Bertz CT molecular complexity index is 898. The number of aromatic nitrogens is 1. The number of nitrogens with two attached hydrogens (primary N) is 2. The summed E-state index contributed by atoms with van der Waals surface area (Å²) in [5.74, 6) is 0.496. The Labute approximate surface area is 172 Å². The summed E-state index contributed by atoms with van der Waals surface area (Å²) in [6.07, 6.45) is 3.07. The van der Waals surface area contributed by atoms with Gasteiger partial charge in [-0.15, -0.1) is 0 Å². The number of carbonyl (C=O) groups excluding carboxylic acids is 1. The SMILES string of the molecule is Cc1cccc(Cl)c1NC(=O)c1cnc(N=C(N)C=C(N)N2CCNCC2)s1. The Morgan fingerprint density at radius 3 is 2.86 bits per heavy atom. The van der Waals surface area contributed by atoms with Gasteiger partial charge < -0.3 is 27.0 Å². The molecule has 1 aliphatic heterocycles. The summed E-state index contributed by atoms with van der Waals surface area (Å²) >= 11 is 7.29. The highest BCUT2D eigenvalue weighted by Gasteiger charge is 2.14. The maximum absolute atomic E-state index is 12.5. The third kappa shape index (κ3) is 5.00. The molecule has 1 aromatic carbocycles. The maximum atomic E-state index is 12.5. The van der Waals surface area contributed by atoms with E-state index in [1.54, 1.807) is 12.1 Å². The Kier molecular flexibility index (Phi) is 6.50. The van der Waals surface area contributed by atoms with Crippen LogP contribution in [-0.4, -0.2) is 47.8 Å². The zero-order chi connectivity index (χ0) is 20.1. The number of benzene rings is 1. The van der Waals surface area contributed by atoms with Crippen molar-refractivity contribution in [3.63, 3.8) is 0 Å². The predicted molar refractivity (Wildman–Crippen MR) is 114 cm³/mol. The zero-order valence-corrected chi connectivity index (χ0v) is 17.0. The van der Waals surface area contributed by atoms with E-state index in [-0.39, 0.29) is 11.7 Å². The summed E-state index contributed by atoms with van der Waals surface area (Å²) in [5.41, 5.74) is 13.5. The number of nitrogens with zero attached hydrogens (tertiary/aromatic N) is 3. The highest BCUT2D eigenvalue weighted by molar-refractivity contribution is 7.17. The predicted octanol–water partition coefficient (Wildman–Crippen LogP) is 2.05. The number of nitrogens with one attached hydrogen (secondary N) is 2. The molecule has 6 N–H and O–H groups in total. The van der Waals surface area contributed by atoms with Gasteiger partial charge in [-0.25, -0.2) is 9.98 Å². The largest absolute Gasteiger partial charge is 0.385 e. The zero-order valence-electron chi connectivity index (χ0n) is 15.4. The number of piperazine rings is 1. The van der Waals surface area contributed by atoms with Crippen molar-refractivity contribution in [1.82, 2.24) is 15.2 Å². The third-order valence-corrected chi connectivity index (χ3v) is 5.39. The fourth-order valence-electron chi connectivity index (χ4n) is 2.70. The Balaban J connectivity index is 1.69. The minimum Gasteiger partial charge on any atom is -0.385 e. The van der Waals surface area contributed by atoms with Gasteiger partial charge in [0.1, 0.15) is 16.5 Å². The molecule has 1 fully saturated rings. The second kappa shape index (κ2) is 9.05. The van der Waals surface area contributed by atoms with Crippen LogP contribution in [0.15, 0.2) is 41.3 Å². The molecule has 0 unspecified atom stereocenters. The van der Waals surface area contributed by atoms with Crippen LogP contribution >= 0.6 is 22.9 Å². The number of carbonyl (C=O) groups is 1. The van der Waals surface area contributed by atoms with Crippen molar-refractivity contribution in [3.8, 4) is 0 Å². The molecule has 10 heteroatoms. The van der Waals surface area contributed by atoms with Crippen LogP contribution in [0.1, 0.15) is 15.2 Å². The topological polar surface area (TPSA) is 122 Å². The normalized spacial score (nSPS) is 15.6. The van der Waals surface area contributed by atoms with Crippen molar-refractivity contribution < 1.29 is 4.79 Å². The summed E-state index contributed by atoms with van der Waals surface area (Å²) in [7, 11) is 0. The number of hydrogen-bond donors (Lipinski definition) is 4. The lowest BCUT2D eigenvalue weighted by molar-refractivity contribution is 0.103. The molecule has 1 aromatic heterocycles. The van der Waals surface area contributed by atoms with Crippen LogP contribution in [0.2, 0.25) is 5.02 Å². The first kappa shape index (κ1) is 20.1. The number of aryl methyl sites for hydroxylation is 1. The molecule has 2 heterocycles. The van der Waals surface area contributed by atoms with E-state index in [0.29, 0.717) is 26.5 Å². The monoisotopic (exact) mass is 419 g/mol. The third-order valence-electron chi connectivity index (χ3n) is 4.18. The standard InChI is InChI=1S/C18H22ClN7OS/c1-11-3-2-4-12(19)16(11)25-17(27)13-10-23-18(28-13)24-14(20)9-15(21)26-7-5-22-6-8-26/h2-4,9-10,22H,5-8,21H2,1H3,(H,25,27)(H2,20,23,24). The van der Waals surface area contributed by atoms with E-state index in [4.69, 9.17) is 23.1 Å². The lowest BCUT2D eigenvalue weighted by atomic mass is 10.2. The lowest BCUT2D eigenvalue weighted by Crippen LogP contribution is -2.44. The van der Waals surface area contributed by atoms with E-state index in [1.165, 1.54) is 6.20 Å². The van der Waals surface area contributed by atoms with Crippen LogP contribution < -0.4 is 22.1 Å². The first-order chi connectivity index (χ1) is 13.4. The van der Waals surface area contributed by atoms with Gasteiger partial charge in [0, 0.05) is 32.3 Å². The number of aliphatic imine (C=N–C) groups is 1. The van der Waals surface area contributed by atoms with Gasteiger partial charge in [-0.05, 0) is 18.6 Å². The van der Waals surface area contributed by atoms with Gasteiger partial charge in [0.15, 0.2) is 0 Å². The molecule has 0 bridgehead atoms. The van der Waals surface area contributed by atoms with Crippen LogP contribution in [0.3, 0.4) is 0 Å². The number of thiazole rings is 1. The van der Waals surface area contributed by atoms with Crippen molar-refractivity contribution >= 4 is 45.5 Å². The molecule has 0 aliphatic carbocycles. The van der Waals surface area contributed by atoms with Crippen molar-refractivity contribution in [3.05, 3.63) is 51.8 Å². The molecule has 28 heavy (non-hydrogen) atoms. The van der Waals surface area contributed by atoms with Crippen LogP contribution in [0, 0.1) is 6.92 Å². The molecule has 0 atom stereocenters. The Morgan fingerprint density at radius 1 is 1.39 bits per heavy atom. The molecule has 2 aromatic rings. The van der Waals surface area contributed by atoms with Crippen molar-refractivity contribution in [1.29, 1.82) is 0 Å². The number of amidine groups is 1. The molecule has 148 valence electrons. The van der Waals surface area contributed by atoms with Crippen LogP contribution in [0.4, 0.5) is 10.8 Å². The van der Waals surface area contributed by atoms with Crippen molar-refractivity contribution in [2.24, 2.45) is 16.5 Å². The Morgan fingerprint density at radius 2 is 2.14 bits per heavy atom. The quantitative estimate of drug-likeness (QED) is 0.434. The summed E-state index contributed by atoms with van der Waals surface area (Å²) in [4.78, 5) is 23.3. The number of halogens is 1. The number of para-hydroxylation sites is 1. The van der Waals surface area contributed by atoms with E-state index in [1.807, 2.05) is 24.0 Å². The Hall–Kier alpha value is -2.62. The van der Waals surface area contributed by atoms with Gasteiger partial charge in [-0.3, -0.25) is 4.79 Å². The smallest absolute Gasteiger partial charge is 0.267 e. The first-order valence-electron chi connectivity index (χ1n) is 8.73. The van der Waals surface area contributed by atoms with Gasteiger partial charge >= 0.3 is 0 Å². The second-order valence-corrected chi connectivity index (χ2v) is 7.65. The molecule has 0 spiro atoms. The maximum Gasteiger partial charge on any atom is 0.267 e. The molecular weight excluding hydrogens is 398 g/mol. The molecule has 0 saturated carbocycles. The second-order valence-electron chi connectivity index (χ2n) is 6.24. The van der Waals surface area contributed by atoms with Crippen molar-refractivity contribution in [2.75, 3.05) is 31.5 Å². The summed E-state index contributed by atoms with van der Waals surface area (Å²) in [6, 6.07) is 5.43. The van der Waals surface area contributed by atoms with Crippen molar-refractivity contribution in [2.45, 2.75) is 6.92 Å². The first-order valence-corrected chi connectivity index (χ1v) is 9.93. The fraction of sp³-hybridized carbons (Fsp3) is 0.278. The summed E-state index contributed by atoms with van der Waals surface area (Å²) < 4.78 is 0. The summed E-state index contributed by atoms with van der Waals surface area (Å²) in [5, 5.41) is 6.93. The van der Waals surface area contributed by atoms with E-state index in [0.717, 1.165) is 43.1 Å². The molecule has 3 rings (SSSR count). The molecule has 8 nitrogen and oxygen atoms in total. The van der Waals surface area contributed by atoms with Gasteiger partial charge in [0.2, 0.25) is 5.13 Å². The van der Waals surface area contributed by atoms with E-state index in [9.17, 15) is 4.79 Å². The highest BCUT2D eigenvalue weighted by Crippen LogP contribution is 2.27. The van der Waals surface area contributed by atoms with Crippen LogP contribution in [-0.2, 0) is 0 Å². The molecule has 1 amide bonds. The molecule has 1 aliphatic rings. The minimum absolute atomic E-state index is 0.235. The minimum atomic E-state index is -0.301. The van der Waals surface area contributed by atoms with Gasteiger partial charge in [-0.1, -0.05) is 35.1 Å². The molecule has 1 saturated heterocycles. The van der Waals surface area contributed by atoms with E-state index in [2.05, 4.69) is 20.6 Å². The number of rotatable bonds is 5. The van der Waals surface area contributed by atoms with Gasteiger partial charge in [-0.2, -0.15) is 0 Å². The lowest BCUT2D eigenvalue weighted by Gasteiger charge is -2.29. The fourth-order valence-corrected chi connectivity index (χ4v) is 3.67. The van der Waals surface area contributed by atoms with Gasteiger partial charge in [0.05, 0.1) is 16.9 Å². The van der Waals surface area contributed by atoms with E-state index >= 15 is 0 Å². The highest BCUT2D eigenvalue weighted by atomic mass is 35.5. The average Bonchev–Trinajstić information content (AvgIpc) is 3.14. The number of anilines is 1. The van der Waals surface area contributed by atoms with E-state index < -0.39 is 0 Å². The van der Waals surface area contributed by atoms with Crippen LogP contribution in [0.5, 0.6) is 0 Å².